The van der Waals surface area contributed by atoms with E-state index < -0.39 is 0 Å². The molecule has 1 aromatic heterocycles. The number of anilines is 1. The minimum Gasteiger partial charge on any atom is -0.396 e. The molecule has 0 spiro atoms. The average Bonchev–Trinajstić information content (AvgIpc) is 2.62. The molecule has 1 amide bonds. The predicted octanol–water partition coefficient (Wildman–Crippen LogP) is 0.924. The summed E-state index contributed by atoms with van der Waals surface area (Å²) in [5, 5.41) is 9.30. The molecule has 0 aliphatic carbocycles. The molecule has 2 aliphatic heterocycles. The second kappa shape index (κ2) is 7.05. The van der Waals surface area contributed by atoms with Crippen LogP contribution in [0.15, 0.2) is 18.5 Å². The number of aliphatic hydroxyl groups is 1. The van der Waals surface area contributed by atoms with Gasteiger partial charge in [0.1, 0.15) is 0 Å². The van der Waals surface area contributed by atoms with Gasteiger partial charge in [-0.25, -0.2) is 9.97 Å². The van der Waals surface area contributed by atoms with Crippen LogP contribution in [0.5, 0.6) is 0 Å². The standard InChI is InChI=1S/C16H24N4O2/c21-12-13-3-1-8-20(11-13)15(22)14-4-9-19(10-5-14)16-17-6-2-7-18-16/h2,6-7,13-14,21H,1,3-5,8-12H2. The third kappa shape index (κ3) is 3.38. The molecule has 3 rings (SSSR count). The Morgan fingerprint density at radius 1 is 1.18 bits per heavy atom. The van der Waals surface area contributed by atoms with Crippen LogP contribution < -0.4 is 4.90 Å². The molecule has 0 radical (unpaired) electrons. The fourth-order valence-electron chi connectivity index (χ4n) is 3.45. The van der Waals surface area contributed by atoms with Crippen LogP contribution in [-0.4, -0.2) is 58.7 Å². The van der Waals surface area contributed by atoms with Crippen LogP contribution in [0.4, 0.5) is 5.95 Å². The van der Waals surface area contributed by atoms with Crippen LogP contribution in [0.25, 0.3) is 0 Å². The van der Waals surface area contributed by atoms with Crippen molar-refractivity contribution < 1.29 is 9.90 Å². The third-order valence-electron chi connectivity index (χ3n) is 4.77. The van der Waals surface area contributed by atoms with Gasteiger partial charge in [-0.15, -0.1) is 0 Å². The van der Waals surface area contributed by atoms with E-state index in [2.05, 4.69) is 14.9 Å². The van der Waals surface area contributed by atoms with E-state index in [-0.39, 0.29) is 24.3 Å². The van der Waals surface area contributed by atoms with Crippen molar-refractivity contribution in [2.45, 2.75) is 25.7 Å². The second-order valence-electron chi connectivity index (χ2n) is 6.29. The van der Waals surface area contributed by atoms with E-state index in [9.17, 15) is 9.90 Å². The van der Waals surface area contributed by atoms with Crippen LogP contribution in [-0.2, 0) is 4.79 Å². The van der Waals surface area contributed by atoms with Crippen molar-refractivity contribution in [3.05, 3.63) is 18.5 Å². The van der Waals surface area contributed by atoms with Crippen molar-refractivity contribution in [1.82, 2.24) is 14.9 Å². The zero-order valence-electron chi connectivity index (χ0n) is 12.9. The van der Waals surface area contributed by atoms with Gasteiger partial charge in [0.2, 0.25) is 11.9 Å². The molecule has 6 nitrogen and oxygen atoms in total. The number of hydrogen-bond acceptors (Lipinski definition) is 5. The molecule has 2 aliphatic rings. The summed E-state index contributed by atoms with van der Waals surface area (Å²) in [5.41, 5.74) is 0. The first-order valence-corrected chi connectivity index (χ1v) is 8.19. The summed E-state index contributed by atoms with van der Waals surface area (Å²) in [6.45, 7) is 3.41. The van der Waals surface area contributed by atoms with Gasteiger partial charge in [-0.1, -0.05) is 0 Å². The summed E-state index contributed by atoms with van der Waals surface area (Å²) >= 11 is 0. The van der Waals surface area contributed by atoms with Gasteiger partial charge >= 0.3 is 0 Å². The number of aromatic nitrogens is 2. The topological polar surface area (TPSA) is 69.6 Å². The number of carbonyl (C=O) groups excluding carboxylic acids is 1. The Bertz CT molecular complexity index is 488. The number of aliphatic hydroxyl groups excluding tert-OH is 1. The molecule has 3 heterocycles. The van der Waals surface area contributed by atoms with Crippen LogP contribution in [0.1, 0.15) is 25.7 Å². The lowest BCUT2D eigenvalue weighted by Crippen LogP contribution is -2.47. The van der Waals surface area contributed by atoms with Gasteiger partial charge in [0.25, 0.3) is 0 Å². The number of hydrogen-bond donors (Lipinski definition) is 1. The number of amides is 1. The quantitative estimate of drug-likeness (QED) is 0.899. The van der Waals surface area contributed by atoms with Crippen molar-refractivity contribution in [2.24, 2.45) is 11.8 Å². The molecular formula is C16H24N4O2. The first kappa shape index (κ1) is 15.2. The lowest BCUT2D eigenvalue weighted by molar-refractivity contribution is -0.138. The first-order valence-electron chi connectivity index (χ1n) is 8.19. The monoisotopic (exact) mass is 304 g/mol. The number of piperidine rings is 2. The van der Waals surface area contributed by atoms with E-state index in [1.165, 1.54) is 0 Å². The molecular weight excluding hydrogens is 280 g/mol. The van der Waals surface area contributed by atoms with Gasteiger partial charge < -0.3 is 14.9 Å². The van der Waals surface area contributed by atoms with E-state index in [1.807, 2.05) is 11.0 Å². The van der Waals surface area contributed by atoms with Crippen molar-refractivity contribution in [2.75, 3.05) is 37.7 Å². The number of rotatable bonds is 3. The maximum atomic E-state index is 12.7. The highest BCUT2D eigenvalue weighted by molar-refractivity contribution is 5.79. The molecule has 6 heteroatoms. The lowest BCUT2D eigenvalue weighted by atomic mass is 9.92. The minimum absolute atomic E-state index is 0.109. The molecule has 0 aromatic carbocycles. The lowest BCUT2D eigenvalue weighted by Gasteiger charge is -2.37. The van der Waals surface area contributed by atoms with Crippen molar-refractivity contribution >= 4 is 11.9 Å². The minimum atomic E-state index is 0.109. The van der Waals surface area contributed by atoms with Crippen LogP contribution in [0.2, 0.25) is 0 Å². The molecule has 2 fully saturated rings. The van der Waals surface area contributed by atoms with Crippen molar-refractivity contribution in [3.8, 4) is 0 Å². The molecule has 1 unspecified atom stereocenters. The second-order valence-corrected chi connectivity index (χ2v) is 6.29. The molecule has 0 bridgehead atoms. The van der Waals surface area contributed by atoms with Gasteiger partial charge in [-0.2, -0.15) is 0 Å². The average molecular weight is 304 g/mol. The van der Waals surface area contributed by atoms with Crippen LogP contribution >= 0.6 is 0 Å². The zero-order chi connectivity index (χ0) is 15.4. The highest BCUT2D eigenvalue weighted by Crippen LogP contribution is 2.24. The van der Waals surface area contributed by atoms with Crippen LogP contribution in [0, 0.1) is 11.8 Å². The molecule has 22 heavy (non-hydrogen) atoms. The summed E-state index contributed by atoms with van der Waals surface area (Å²) in [6, 6.07) is 1.81. The maximum Gasteiger partial charge on any atom is 0.225 e. The van der Waals surface area contributed by atoms with Crippen LogP contribution in [0.3, 0.4) is 0 Å². The van der Waals surface area contributed by atoms with E-state index >= 15 is 0 Å². The summed E-state index contributed by atoms with van der Waals surface area (Å²) in [5.74, 6) is 1.39. The Balaban J connectivity index is 1.53. The first-order chi connectivity index (χ1) is 10.8. The van der Waals surface area contributed by atoms with E-state index in [4.69, 9.17) is 0 Å². The molecule has 1 N–H and O–H groups in total. The number of carbonyl (C=O) groups is 1. The normalized spacial score (nSPS) is 23.6. The molecule has 120 valence electrons. The van der Waals surface area contributed by atoms with E-state index in [1.54, 1.807) is 12.4 Å². The summed E-state index contributed by atoms with van der Waals surface area (Å²) < 4.78 is 0. The highest BCUT2D eigenvalue weighted by atomic mass is 16.3. The predicted molar refractivity (Wildman–Crippen MR) is 83.4 cm³/mol. The van der Waals surface area contributed by atoms with Crippen molar-refractivity contribution in [1.29, 1.82) is 0 Å². The highest BCUT2D eigenvalue weighted by Gasteiger charge is 2.31. The van der Waals surface area contributed by atoms with E-state index in [0.717, 1.165) is 57.8 Å². The maximum absolute atomic E-state index is 12.7. The third-order valence-corrected chi connectivity index (χ3v) is 4.77. The summed E-state index contributed by atoms with van der Waals surface area (Å²) in [4.78, 5) is 25.3. The fraction of sp³-hybridized carbons (Fsp3) is 0.688. The van der Waals surface area contributed by atoms with Gasteiger partial charge in [0.15, 0.2) is 0 Å². The summed E-state index contributed by atoms with van der Waals surface area (Å²) in [6.07, 6.45) is 7.26. The fourth-order valence-corrected chi connectivity index (χ4v) is 3.45. The molecule has 1 atom stereocenters. The molecule has 1 aromatic rings. The molecule has 2 saturated heterocycles. The Hall–Kier alpha value is -1.69. The Labute approximate surface area is 131 Å². The van der Waals surface area contributed by atoms with Gasteiger partial charge in [-0.3, -0.25) is 4.79 Å². The largest absolute Gasteiger partial charge is 0.396 e. The van der Waals surface area contributed by atoms with Gasteiger partial charge in [0.05, 0.1) is 0 Å². The van der Waals surface area contributed by atoms with Gasteiger partial charge in [0, 0.05) is 51.1 Å². The van der Waals surface area contributed by atoms with Gasteiger partial charge in [-0.05, 0) is 37.7 Å². The molecule has 0 saturated carbocycles. The smallest absolute Gasteiger partial charge is 0.225 e. The number of nitrogens with zero attached hydrogens (tertiary/aromatic N) is 4. The summed E-state index contributed by atoms with van der Waals surface area (Å²) in [7, 11) is 0. The Kier molecular flexibility index (Phi) is 4.87. The van der Waals surface area contributed by atoms with E-state index in [0.29, 0.717) is 0 Å². The van der Waals surface area contributed by atoms with Crippen molar-refractivity contribution in [3.63, 3.8) is 0 Å². The number of likely N-dealkylation sites (tertiary alicyclic amines) is 1. The zero-order valence-corrected chi connectivity index (χ0v) is 12.9. The Morgan fingerprint density at radius 3 is 2.59 bits per heavy atom. The SMILES string of the molecule is O=C(C1CCN(c2ncccn2)CC1)N1CCCC(CO)C1. The Morgan fingerprint density at radius 2 is 1.91 bits per heavy atom.